The van der Waals surface area contributed by atoms with Crippen molar-refractivity contribution in [1.82, 2.24) is 14.9 Å². The number of rotatable bonds is 5. The fourth-order valence-corrected chi connectivity index (χ4v) is 3.15. The third kappa shape index (κ3) is 3.65. The van der Waals surface area contributed by atoms with Crippen LogP contribution >= 0.6 is 11.3 Å². The predicted molar refractivity (Wildman–Crippen MR) is 91.5 cm³/mol. The first-order valence-corrected chi connectivity index (χ1v) is 8.26. The lowest BCUT2D eigenvalue weighted by atomic mass is 10.2. The van der Waals surface area contributed by atoms with Crippen LogP contribution in [0.15, 0.2) is 46.6 Å². The molecule has 0 aliphatic rings. The van der Waals surface area contributed by atoms with Crippen molar-refractivity contribution in [3.8, 4) is 0 Å². The van der Waals surface area contributed by atoms with Crippen molar-refractivity contribution >= 4 is 28.1 Å². The highest BCUT2D eigenvalue weighted by Gasteiger charge is 2.11. The summed E-state index contributed by atoms with van der Waals surface area (Å²) in [6, 6.07) is 11.2. The average Bonchev–Trinajstić information content (AvgIpc) is 3.05. The van der Waals surface area contributed by atoms with Gasteiger partial charge in [0.1, 0.15) is 5.82 Å². The molecular weight excluding hydrogens is 310 g/mol. The summed E-state index contributed by atoms with van der Waals surface area (Å²) in [5.41, 5.74) is 0.496. The number of amides is 1. The normalized spacial score (nSPS) is 10.8. The van der Waals surface area contributed by atoms with Crippen LogP contribution in [0.2, 0.25) is 0 Å². The average molecular weight is 327 g/mol. The Morgan fingerprint density at radius 3 is 2.87 bits per heavy atom. The maximum atomic E-state index is 12.2. The quantitative estimate of drug-likeness (QED) is 0.783. The first-order valence-electron chi connectivity index (χ1n) is 7.38. The number of benzene rings is 1. The van der Waals surface area contributed by atoms with Crippen molar-refractivity contribution in [2.24, 2.45) is 0 Å². The van der Waals surface area contributed by atoms with E-state index in [1.165, 1.54) is 0 Å². The van der Waals surface area contributed by atoms with Crippen LogP contribution in [0.5, 0.6) is 0 Å². The summed E-state index contributed by atoms with van der Waals surface area (Å²) in [6.45, 7) is 0.609. The SMILES string of the molecule is CN(Cc1cccs1)C(=O)CCc1nc2ccccc2c(=O)[nH]1. The summed E-state index contributed by atoms with van der Waals surface area (Å²) >= 11 is 1.63. The molecule has 0 fully saturated rings. The van der Waals surface area contributed by atoms with E-state index in [4.69, 9.17) is 0 Å². The van der Waals surface area contributed by atoms with Crippen LogP contribution in [0.4, 0.5) is 0 Å². The van der Waals surface area contributed by atoms with Crippen molar-refractivity contribution in [3.05, 3.63) is 62.8 Å². The van der Waals surface area contributed by atoms with Gasteiger partial charge in [-0.2, -0.15) is 0 Å². The third-order valence-electron chi connectivity index (χ3n) is 3.64. The van der Waals surface area contributed by atoms with E-state index >= 15 is 0 Å². The van der Waals surface area contributed by atoms with Crippen LogP contribution in [0.1, 0.15) is 17.1 Å². The number of nitrogens with one attached hydrogen (secondary N) is 1. The van der Waals surface area contributed by atoms with Gasteiger partial charge < -0.3 is 9.88 Å². The molecule has 0 aliphatic carbocycles. The van der Waals surface area contributed by atoms with Crippen LogP contribution in [0, 0.1) is 0 Å². The second-order valence-electron chi connectivity index (χ2n) is 5.36. The number of carbonyl (C=O) groups is 1. The van der Waals surface area contributed by atoms with E-state index in [1.54, 1.807) is 35.4 Å². The van der Waals surface area contributed by atoms with Crippen molar-refractivity contribution in [2.75, 3.05) is 7.05 Å². The second-order valence-corrected chi connectivity index (χ2v) is 6.39. The standard InChI is InChI=1S/C17H17N3O2S/c1-20(11-12-5-4-10-23-12)16(21)9-8-15-18-14-7-3-2-6-13(14)17(22)19-15/h2-7,10H,8-9,11H2,1H3,(H,18,19,22). The third-order valence-corrected chi connectivity index (χ3v) is 4.50. The zero-order valence-electron chi connectivity index (χ0n) is 12.8. The molecule has 118 valence electrons. The lowest BCUT2D eigenvalue weighted by Crippen LogP contribution is -2.26. The van der Waals surface area contributed by atoms with Gasteiger partial charge in [-0.15, -0.1) is 11.3 Å². The van der Waals surface area contributed by atoms with E-state index in [2.05, 4.69) is 9.97 Å². The lowest BCUT2D eigenvalue weighted by molar-refractivity contribution is -0.130. The monoisotopic (exact) mass is 327 g/mol. The number of aromatic amines is 1. The molecule has 3 rings (SSSR count). The highest BCUT2D eigenvalue weighted by atomic mass is 32.1. The Balaban J connectivity index is 1.66. The van der Waals surface area contributed by atoms with Crippen molar-refractivity contribution in [2.45, 2.75) is 19.4 Å². The number of fused-ring (bicyclic) bond motifs is 1. The number of aromatic nitrogens is 2. The molecule has 23 heavy (non-hydrogen) atoms. The van der Waals surface area contributed by atoms with Crippen molar-refractivity contribution in [3.63, 3.8) is 0 Å². The number of para-hydroxylation sites is 1. The molecule has 6 heteroatoms. The number of aryl methyl sites for hydroxylation is 1. The Bertz CT molecular complexity index is 871. The molecule has 0 atom stereocenters. The van der Waals surface area contributed by atoms with Gasteiger partial charge in [-0.3, -0.25) is 9.59 Å². The maximum absolute atomic E-state index is 12.2. The largest absolute Gasteiger partial charge is 0.341 e. The number of hydrogen-bond acceptors (Lipinski definition) is 4. The van der Waals surface area contributed by atoms with Gasteiger partial charge >= 0.3 is 0 Å². The topological polar surface area (TPSA) is 66.1 Å². The molecule has 0 spiro atoms. The molecule has 1 aromatic carbocycles. The van der Waals surface area contributed by atoms with Crippen molar-refractivity contribution in [1.29, 1.82) is 0 Å². The molecule has 0 radical (unpaired) electrons. The van der Waals surface area contributed by atoms with Gasteiger partial charge in [0.25, 0.3) is 5.56 Å². The van der Waals surface area contributed by atoms with Gasteiger partial charge in [0.05, 0.1) is 17.4 Å². The Labute approximate surface area is 137 Å². The van der Waals surface area contributed by atoms with Gasteiger partial charge in [-0.25, -0.2) is 4.98 Å². The highest BCUT2D eigenvalue weighted by molar-refractivity contribution is 7.09. The van der Waals surface area contributed by atoms with Gasteiger partial charge in [0.2, 0.25) is 5.91 Å². The minimum absolute atomic E-state index is 0.0363. The molecule has 0 saturated heterocycles. The van der Waals surface area contributed by atoms with Gasteiger partial charge in [-0.1, -0.05) is 18.2 Å². The fraction of sp³-hybridized carbons (Fsp3) is 0.235. The number of thiophene rings is 1. The van der Waals surface area contributed by atoms with E-state index in [9.17, 15) is 9.59 Å². The first-order chi connectivity index (χ1) is 11.1. The van der Waals surface area contributed by atoms with Gasteiger partial charge in [-0.05, 0) is 23.6 Å². The zero-order chi connectivity index (χ0) is 16.2. The van der Waals surface area contributed by atoms with E-state index in [-0.39, 0.29) is 11.5 Å². The van der Waals surface area contributed by atoms with E-state index in [1.807, 2.05) is 29.6 Å². The molecule has 1 N–H and O–H groups in total. The number of H-pyrrole nitrogens is 1. The summed E-state index contributed by atoms with van der Waals surface area (Å²) in [5, 5.41) is 2.56. The summed E-state index contributed by atoms with van der Waals surface area (Å²) in [5.74, 6) is 0.584. The fourth-order valence-electron chi connectivity index (χ4n) is 2.39. The van der Waals surface area contributed by atoms with Crippen molar-refractivity contribution < 1.29 is 4.79 Å². The molecule has 3 aromatic rings. The summed E-state index contributed by atoms with van der Waals surface area (Å²) in [4.78, 5) is 34.2. The van der Waals surface area contributed by atoms with Crippen LogP contribution < -0.4 is 5.56 Å². The molecule has 1 amide bonds. The van der Waals surface area contributed by atoms with Gasteiger partial charge in [0.15, 0.2) is 0 Å². The molecule has 0 unspecified atom stereocenters. The molecule has 2 heterocycles. The molecule has 0 aliphatic heterocycles. The summed E-state index contributed by atoms with van der Waals surface area (Å²) < 4.78 is 0. The molecule has 0 saturated carbocycles. The van der Waals surface area contributed by atoms with E-state index in [0.29, 0.717) is 36.1 Å². The van der Waals surface area contributed by atoms with E-state index < -0.39 is 0 Å². The smallest absolute Gasteiger partial charge is 0.258 e. The van der Waals surface area contributed by atoms with E-state index in [0.717, 1.165) is 4.88 Å². The number of nitrogens with zero attached hydrogens (tertiary/aromatic N) is 2. The lowest BCUT2D eigenvalue weighted by Gasteiger charge is -2.16. The molecule has 5 nitrogen and oxygen atoms in total. The Morgan fingerprint density at radius 1 is 1.26 bits per heavy atom. The summed E-state index contributed by atoms with van der Waals surface area (Å²) in [6.07, 6.45) is 0.747. The summed E-state index contributed by atoms with van der Waals surface area (Å²) in [7, 11) is 1.79. The Hall–Kier alpha value is -2.47. The minimum atomic E-state index is -0.162. The molecule has 0 bridgehead atoms. The van der Waals surface area contributed by atoms with Crippen LogP contribution in [-0.2, 0) is 17.8 Å². The second kappa shape index (κ2) is 6.75. The van der Waals surface area contributed by atoms with Crippen LogP contribution in [-0.4, -0.2) is 27.8 Å². The van der Waals surface area contributed by atoms with Gasteiger partial charge in [0, 0.05) is 24.8 Å². The van der Waals surface area contributed by atoms with Crippen LogP contribution in [0.3, 0.4) is 0 Å². The Morgan fingerprint density at radius 2 is 2.09 bits per heavy atom. The molecular formula is C17H17N3O2S. The highest BCUT2D eigenvalue weighted by Crippen LogP contribution is 2.12. The number of hydrogen-bond donors (Lipinski definition) is 1. The maximum Gasteiger partial charge on any atom is 0.258 e. The Kier molecular flexibility index (Phi) is 4.52. The first kappa shape index (κ1) is 15.4. The molecule has 2 aromatic heterocycles. The number of carbonyl (C=O) groups excluding carboxylic acids is 1. The predicted octanol–water partition coefficient (Wildman–Crippen LogP) is 2.58. The minimum Gasteiger partial charge on any atom is -0.341 e. The zero-order valence-corrected chi connectivity index (χ0v) is 13.6. The van der Waals surface area contributed by atoms with Crippen LogP contribution in [0.25, 0.3) is 10.9 Å².